The van der Waals surface area contributed by atoms with Crippen LogP contribution in [0.25, 0.3) is 0 Å². The molecule has 122 valence electrons. The Morgan fingerprint density at radius 2 is 2.17 bits per heavy atom. The van der Waals surface area contributed by atoms with Crippen molar-refractivity contribution < 1.29 is 14.3 Å². The van der Waals surface area contributed by atoms with E-state index in [2.05, 4.69) is 18.3 Å². The van der Waals surface area contributed by atoms with Gasteiger partial charge in [0.25, 0.3) is 5.91 Å². The van der Waals surface area contributed by atoms with E-state index in [-0.39, 0.29) is 11.9 Å². The SMILES string of the molecule is CC1=CCN(C(=O)Nc2ccc3c(c2)N(C)C(=O)[C@@H](C)O3)CC1. The molecule has 0 saturated carbocycles. The van der Waals surface area contributed by atoms with E-state index >= 15 is 0 Å². The second-order valence-electron chi connectivity index (χ2n) is 6.02. The van der Waals surface area contributed by atoms with Crippen LogP contribution in [0.4, 0.5) is 16.2 Å². The van der Waals surface area contributed by atoms with Crippen molar-refractivity contribution in [1.82, 2.24) is 4.90 Å². The summed E-state index contributed by atoms with van der Waals surface area (Å²) in [5, 5.41) is 2.89. The molecule has 2 aliphatic heterocycles. The van der Waals surface area contributed by atoms with Crippen LogP contribution in [-0.2, 0) is 4.79 Å². The number of carbonyl (C=O) groups is 2. The lowest BCUT2D eigenvalue weighted by molar-refractivity contribution is -0.125. The normalized spacial score (nSPS) is 20.6. The molecule has 2 aliphatic rings. The van der Waals surface area contributed by atoms with Crippen LogP contribution in [0.2, 0.25) is 0 Å². The van der Waals surface area contributed by atoms with Gasteiger partial charge in [0.05, 0.1) is 5.69 Å². The number of urea groups is 1. The molecule has 0 fully saturated rings. The van der Waals surface area contributed by atoms with Gasteiger partial charge in [-0.15, -0.1) is 0 Å². The maximum absolute atomic E-state index is 12.3. The van der Waals surface area contributed by atoms with Gasteiger partial charge in [-0.3, -0.25) is 4.79 Å². The first-order valence-electron chi connectivity index (χ1n) is 7.75. The standard InChI is InChI=1S/C17H21N3O3/c1-11-6-8-20(9-7-11)17(22)18-13-4-5-15-14(10-13)19(3)16(21)12(2)23-15/h4-6,10,12H,7-9H2,1-3H3,(H,18,22)/t12-/m1/s1. The minimum Gasteiger partial charge on any atom is -0.479 e. The van der Waals surface area contributed by atoms with Gasteiger partial charge in [-0.05, 0) is 38.5 Å². The third kappa shape index (κ3) is 3.02. The van der Waals surface area contributed by atoms with Gasteiger partial charge in [0.15, 0.2) is 6.10 Å². The Hall–Kier alpha value is -2.50. The number of likely N-dealkylation sites (N-methyl/N-ethyl adjacent to an activating group) is 1. The van der Waals surface area contributed by atoms with E-state index in [1.165, 1.54) is 5.57 Å². The molecule has 23 heavy (non-hydrogen) atoms. The van der Waals surface area contributed by atoms with Gasteiger partial charge in [-0.1, -0.05) is 11.6 Å². The predicted molar refractivity (Wildman–Crippen MR) is 88.9 cm³/mol. The van der Waals surface area contributed by atoms with E-state index in [0.717, 1.165) is 13.0 Å². The number of rotatable bonds is 1. The number of carbonyl (C=O) groups excluding carboxylic acids is 2. The second-order valence-corrected chi connectivity index (χ2v) is 6.02. The molecule has 3 rings (SSSR count). The Bertz CT molecular complexity index is 684. The van der Waals surface area contributed by atoms with E-state index in [4.69, 9.17) is 4.74 Å². The molecule has 0 saturated heterocycles. The van der Waals surface area contributed by atoms with Gasteiger partial charge in [0, 0.05) is 25.8 Å². The maximum Gasteiger partial charge on any atom is 0.322 e. The number of benzene rings is 1. The quantitative estimate of drug-likeness (QED) is 0.810. The highest BCUT2D eigenvalue weighted by molar-refractivity contribution is 6.00. The number of ether oxygens (including phenoxy) is 1. The topological polar surface area (TPSA) is 61.9 Å². The van der Waals surface area contributed by atoms with E-state index in [1.807, 2.05) is 0 Å². The molecule has 0 unspecified atom stereocenters. The van der Waals surface area contributed by atoms with Crippen molar-refractivity contribution in [2.75, 3.05) is 30.4 Å². The number of anilines is 2. The number of amides is 3. The highest BCUT2D eigenvalue weighted by Gasteiger charge is 2.29. The van der Waals surface area contributed by atoms with E-state index in [9.17, 15) is 9.59 Å². The highest BCUT2D eigenvalue weighted by Crippen LogP contribution is 2.35. The largest absolute Gasteiger partial charge is 0.479 e. The first-order chi connectivity index (χ1) is 11.0. The molecule has 0 aliphatic carbocycles. The molecule has 0 aromatic heterocycles. The van der Waals surface area contributed by atoms with E-state index < -0.39 is 6.10 Å². The third-order valence-corrected chi connectivity index (χ3v) is 4.28. The van der Waals surface area contributed by atoms with Gasteiger partial charge in [-0.2, -0.15) is 0 Å². The zero-order valence-corrected chi connectivity index (χ0v) is 13.6. The van der Waals surface area contributed by atoms with Crippen LogP contribution in [0, 0.1) is 0 Å². The molecule has 3 amide bonds. The summed E-state index contributed by atoms with van der Waals surface area (Å²) in [6.07, 6.45) is 2.48. The summed E-state index contributed by atoms with van der Waals surface area (Å²) in [6, 6.07) is 5.21. The zero-order chi connectivity index (χ0) is 16.6. The third-order valence-electron chi connectivity index (χ3n) is 4.28. The summed E-state index contributed by atoms with van der Waals surface area (Å²) >= 11 is 0. The summed E-state index contributed by atoms with van der Waals surface area (Å²) in [5.41, 5.74) is 2.63. The Balaban J connectivity index is 1.75. The number of fused-ring (bicyclic) bond motifs is 1. The first kappa shape index (κ1) is 15.4. The average molecular weight is 315 g/mol. The highest BCUT2D eigenvalue weighted by atomic mass is 16.5. The van der Waals surface area contributed by atoms with Crippen LogP contribution in [0.3, 0.4) is 0 Å². The predicted octanol–water partition coefficient (Wildman–Crippen LogP) is 2.61. The van der Waals surface area contributed by atoms with Crippen molar-refractivity contribution in [3.63, 3.8) is 0 Å². The molecule has 1 aromatic carbocycles. The fraction of sp³-hybridized carbons (Fsp3) is 0.412. The van der Waals surface area contributed by atoms with Crippen LogP contribution >= 0.6 is 0 Å². The van der Waals surface area contributed by atoms with Crippen molar-refractivity contribution >= 4 is 23.3 Å². The molecule has 6 heteroatoms. The summed E-state index contributed by atoms with van der Waals surface area (Å²) in [5.74, 6) is 0.548. The van der Waals surface area contributed by atoms with E-state index in [1.54, 1.807) is 42.0 Å². The summed E-state index contributed by atoms with van der Waals surface area (Å²) in [6.45, 7) is 5.15. The lowest BCUT2D eigenvalue weighted by Gasteiger charge is -2.31. The average Bonchev–Trinajstić information content (AvgIpc) is 2.54. The van der Waals surface area contributed by atoms with E-state index in [0.29, 0.717) is 23.7 Å². The Morgan fingerprint density at radius 3 is 2.87 bits per heavy atom. The summed E-state index contributed by atoms with van der Waals surface area (Å²) in [7, 11) is 1.71. The fourth-order valence-corrected chi connectivity index (χ4v) is 2.75. The smallest absolute Gasteiger partial charge is 0.322 e. The van der Waals surface area contributed by atoms with Crippen molar-refractivity contribution in [3.8, 4) is 5.75 Å². The van der Waals surface area contributed by atoms with Gasteiger partial charge < -0.3 is 19.9 Å². The lowest BCUT2D eigenvalue weighted by Crippen LogP contribution is -2.42. The number of hydrogen-bond acceptors (Lipinski definition) is 3. The fourth-order valence-electron chi connectivity index (χ4n) is 2.75. The van der Waals surface area contributed by atoms with Gasteiger partial charge >= 0.3 is 6.03 Å². The molecule has 0 spiro atoms. The number of hydrogen-bond donors (Lipinski definition) is 1. The molecule has 0 bridgehead atoms. The number of nitrogens with one attached hydrogen (secondary N) is 1. The monoisotopic (exact) mass is 315 g/mol. The molecule has 1 atom stereocenters. The van der Waals surface area contributed by atoms with Crippen LogP contribution < -0.4 is 15.0 Å². The summed E-state index contributed by atoms with van der Waals surface area (Å²) in [4.78, 5) is 27.6. The van der Waals surface area contributed by atoms with Crippen molar-refractivity contribution in [2.45, 2.75) is 26.4 Å². The molecular weight excluding hydrogens is 294 g/mol. The molecule has 0 radical (unpaired) electrons. The van der Waals surface area contributed by atoms with Gasteiger partial charge in [0.2, 0.25) is 0 Å². The van der Waals surface area contributed by atoms with Crippen molar-refractivity contribution in [1.29, 1.82) is 0 Å². The van der Waals surface area contributed by atoms with Gasteiger partial charge in [-0.25, -0.2) is 4.79 Å². The van der Waals surface area contributed by atoms with Gasteiger partial charge in [0.1, 0.15) is 5.75 Å². The minimum absolute atomic E-state index is 0.0994. The Labute approximate surface area is 135 Å². The Morgan fingerprint density at radius 1 is 1.39 bits per heavy atom. The Kier molecular flexibility index (Phi) is 3.98. The zero-order valence-electron chi connectivity index (χ0n) is 13.6. The second kappa shape index (κ2) is 5.95. The van der Waals surface area contributed by atoms with Crippen LogP contribution in [-0.4, -0.2) is 43.1 Å². The molecular formula is C17H21N3O3. The van der Waals surface area contributed by atoms with Crippen LogP contribution in [0.1, 0.15) is 20.3 Å². The maximum atomic E-state index is 12.3. The van der Waals surface area contributed by atoms with Crippen LogP contribution in [0.5, 0.6) is 5.75 Å². The lowest BCUT2D eigenvalue weighted by atomic mass is 10.1. The number of nitrogens with zero attached hydrogens (tertiary/aromatic N) is 2. The first-order valence-corrected chi connectivity index (χ1v) is 7.75. The molecule has 6 nitrogen and oxygen atoms in total. The molecule has 1 aromatic rings. The van der Waals surface area contributed by atoms with Crippen molar-refractivity contribution in [3.05, 3.63) is 29.8 Å². The minimum atomic E-state index is -0.490. The van der Waals surface area contributed by atoms with Crippen LogP contribution in [0.15, 0.2) is 29.8 Å². The molecule has 2 heterocycles. The van der Waals surface area contributed by atoms with Crippen molar-refractivity contribution in [2.24, 2.45) is 0 Å². The molecule has 1 N–H and O–H groups in total. The summed E-state index contributed by atoms with van der Waals surface area (Å²) < 4.78 is 5.58.